The first-order valence-electron chi connectivity index (χ1n) is 7.19. The number of hydrogen-bond acceptors (Lipinski definition) is 3. The number of nitrogens with zero attached hydrogens (tertiary/aromatic N) is 3. The lowest BCUT2D eigenvalue weighted by Gasteiger charge is -2.18. The molecule has 0 saturated heterocycles. The molecule has 5 heteroatoms. The smallest absolute Gasteiger partial charge is 0.264 e. The van der Waals surface area contributed by atoms with Gasteiger partial charge in [0.05, 0.1) is 23.6 Å². The van der Waals surface area contributed by atoms with Gasteiger partial charge in [-0.25, -0.2) is 9.37 Å². The van der Waals surface area contributed by atoms with E-state index in [9.17, 15) is 9.18 Å². The second kappa shape index (κ2) is 5.67. The molecule has 112 valence electrons. The van der Waals surface area contributed by atoms with E-state index in [1.165, 1.54) is 17.0 Å². The molecule has 0 aliphatic carbocycles. The van der Waals surface area contributed by atoms with E-state index in [4.69, 9.17) is 0 Å². The van der Waals surface area contributed by atoms with Crippen LogP contribution >= 0.6 is 0 Å². The molecule has 2 heterocycles. The van der Waals surface area contributed by atoms with Crippen molar-refractivity contribution >= 4 is 10.9 Å². The maximum absolute atomic E-state index is 14.0. The molecule has 4 nitrogen and oxygen atoms in total. The second-order valence-corrected chi connectivity index (χ2v) is 5.28. The molecular formula is C17H16FN3O. The standard InChI is InChI=1S/C17H16FN3O/c1-3-15(13-8-7-11(2)9-19-13)21-10-20-14-6-4-5-12(18)16(14)17(21)22/h4-10,15H,3H2,1-2H3/t15-/m1/s1. The average Bonchev–Trinajstić information content (AvgIpc) is 2.52. The Kier molecular flexibility index (Phi) is 3.71. The number of pyridine rings is 1. The first kappa shape index (κ1) is 14.4. The number of rotatable bonds is 3. The number of hydrogen-bond donors (Lipinski definition) is 0. The van der Waals surface area contributed by atoms with E-state index in [1.54, 1.807) is 18.3 Å². The largest absolute Gasteiger partial charge is 0.289 e. The number of benzene rings is 1. The monoisotopic (exact) mass is 297 g/mol. The molecule has 0 radical (unpaired) electrons. The molecule has 22 heavy (non-hydrogen) atoms. The molecule has 0 bridgehead atoms. The molecule has 0 aliphatic heterocycles. The van der Waals surface area contributed by atoms with E-state index in [0.29, 0.717) is 11.9 Å². The van der Waals surface area contributed by atoms with E-state index in [0.717, 1.165) is 11.3 Å². The van der Waals surface area contributed by atoms with Crippen LogP contribution in [0.25, 0.3) is 10.9 Å². The van der Waals surface area contributed by atoms with Crippen LogP contribution in [0.1, 0.15) is 30.6 Å². The SMILES string of the molecule is CC[C@H](c1ccc(C)cn1)n1cnc2cccc(F)c2c1=O. The first-order valence-corrected chi connectivity index (χ1v) is 7.19. The highest BCUT2D eigenvalue weighted by atomic mass is 19.1. The molecule has 0 saturated carbocycles. The normalized spacial score (nSPS) is 12.5. The highest BCUT2D eigenvalue weighted by Gasteiger charge is 2.17. The van der Waals surface area contributed by atoms with Gasteiger partial charge >= 0.3 is 0 Å². The van der Waals surface area contributed by atoms with E-state index >= 15 is 0 Å². The number of aryl methyl sites for hydroxylation is 1. The van der Waals surface area contributed by atoms with Crippen LogP contribution < -0.4 is 5.56 Å². The van der Waals surface area contributed by atoms with Crippen molar-refractivity contribution in [1.82, 2.24) is 14.5 Å². The summed E-state index contributed by atoms with van der Waals surface area (Å²) >= 11 is 0. The maximum atomic E-state index is 14.0. The van der Waals surface area contributed by atoms with E-state index in [1.807, 2.05) is 26.0 Å². The molecule has 1 atom stereocenters. The minimum absolute atomic E-state index is 0.0237. The van der Waals surface area contributed by atoms with Gasteiger partial charge in [0, 0.05) is 6.20 Å². The molecule has 3 aromatic rings. The third-order valence-electron chi connectivity index (χ3n) is 3.76. The van der Waals surface area contributed by atoms with Gasteiger partial charge < -0.3 is 0 Å². The van der Waals surface area contributed by atoms with Gasteiger partial charge in [-0.3, -0.25) is 14.3 Å². The van der Waals surface area contributed by atoms with Gasteiger partial charge in [-0.1, -0.05) is 19.1 Å². The van der Waals surface area contributed by atoms with Crippen LogP contribution in [0.15, 0.2) is 47.7 Å². The Morgan fingerprint density at radius 1 is 1.23 bits per heavy atom. The topological polar surface area (TPSA) is 47.8 Å². The molecule has 0 unspecified atom stereocenters. The van der Waals surface area contributed by atoms with Crippen molar-refractivity contribution in [2.45, 2.75) is 26.3 Å². The van der Waals surface area contributed by atoms with Crippen LogP contribution in [0.4, 0.5) is 4.39 Å². The van der Waals surface area contributed by atoms with Gasteiger partial charge in [0.2, 0.25) is 0 Å². The summed E-state index contributed by atoms with van der Waals surface area (Å²) in [6.45, 7) is 3.92. The lowest BCUT2D eigenvalue weighted by Crippen LogP contribution is -2.26. The van der Waals surface area contributed by atoms with Crippen LogP contribution in [0.3, 0.4) is 0 Å². The van der Waals surface area contributed by atoms with E-state index in [2.05, 4.69) is 9.97 Å². The minimum Gasteiger partial charge on any atom is -0.289 e. The zero-order valence-electron chi connectivity index (χ0n) is 12.5. The van der Waals surface area contributed by atoms with Gasteiger partial charge in [0.15, 0.2) is 0 Å². The van der Waals surface area contributed by atoms with Crippen molar-refractivity contribution in [3.63, 3.8) is 0 Å². The fraction of sp³-hybridized carbons (Fsp3) is 0.235. The highest BCUT2D eigenvalue weighted by molar-refractivity contribution is 5.77. The molecule has 0 spiro atoms. The zero-order chi connectivity index (χ0) is 15.7. The molecule has 0 amide bonds. The van der Waals surface area contributed by atoms with E-state index < -0.39 is 5.82 Å². The van der Waals surface area contributed by atoms with Crippen LogP contribution in [-0.2, 0) is 0 Å². The fourth-order valence-electron chi connectivity index (χ4n) is 2.58. The Morgan fingerprint density at radius 3 is 2.73 bits per heavy atom. The zero-order valence-corrected chi connectivity index (χ0v) is 12.5. The van der Waals surface area contributed by atoms with Crippen molar-refractivity contribution in [2.75, 3.05) is 0 Å². The predicted molar refractivity (Wildman–Crippen MR) is 83.4 cm³/mol. The third-order valence-corrected chi connectivity index (χ3v) is 3.76. The van der Waals surface area contributed by atoms with Gasteiger partial charge in [0.25, 0.3) is 5.56 Å². The van der Waals surface area contributed by atoms with Crippen LogP contribution in [0, 0.1) is 12.7 Å². The lowest BCUT2D eigenvalue weighted by molar-refractivity contribution is 0.528. The highest BCUT2D eigenvalue weighted by Crippen LogP contribution is 2.20. The van der Waals surface area contributed by atoms with Gasteiger partial charge in [-0.15, -0.1) is 0 Å². The number of aromatic nitrogens is 3. The minimum atomic E-state index is -0.545. The summed E-state index contributed by atoms with van der Waals surface area (Å²) in [5.41, 5.74) is 1.81. The summed E-state index contributed by atoms with van der Waals surface area (Å²) < 4.78 is 15.4. The van der Waals surface area contributed by atoms with Crippen LogP contribution in [-0.4, -0.2) is 14.5 Å². The summed E-state index contributed by atoms with van der Waals surface area (Å²) in [7, 11) is 0. The quantitative estimate of drug-likeness (QED) is 0.745. The van der Waals surface area contributed by atoms with Crippen molar-refractivity contribution in [1.29, 1.82) is 0 Å². The Balaban J connectivity index is 2.19. The second-order valence-electron chi connectivity index (χ2n) is 5.28. The fourth-order valence-corrected chi connectivity index (χ4v) is 2.58. The Labute approximate surface area is 127 Å². The molecule has 0 N–H and O–H groups in total. The van der Waals surface area contributed by atoms with Crippen molar-refractivity contribution in [2.24, 2.45) is 0 Å². The van der Waals surface area contributed by atoms with Crippen molar-refractivity contribution in [3.05, 3.63) is 70.3 Å². The summed E-state index contributed by atoms with van der Waals surface area (Å²) in [6, 6.07) is 8.04. The van der Waals surface area contributed by atoms with Gasteiger partial charge in [-0.2, -0.15) is 0 Å². The summed E-state index contributed by atoms with van der Waals surface area (Å²) in [6.07, 6.45) is 3.90. The summed E-state index contributed by atoms with van der Waals surface area (Å²) in [5.74, 6) is -0.545. The van der Waals surface area contributed by atoms with Gasteiger partial charge in [0.1, 0.15) is 11.2 Å². The molecule has 1 aromatic carbocycles. The Morgan fingerprint density at radius 2 is 2.05 bits per heavy atom. The summed E-state index contributed by atoms with van der Waals surface area (Å²) in [5, 5.41) is 0.0237. The van der Waals surface area contributed by atoms with E-state index in [-0.39, 0.29) is 17.0 Å². The lowest BCUT2D eigenvalue weighted by atomic mass is 10.1. The number of halogens is 1. The maximum Gasteiger partial charge on any atom is 0.264 e. The Bertz CT molecular complexity index is 871. The number of fused-ring (bicyclic) bond motifs is 1. The average molecular weight is 297 g/mol. The van der Waals surface area contributed by atoms with Crippen LogP contribution in [0.2, 0.25) is 0 Å². The summed E-state index contributed by atoms with van der Waals surface area (Å²) in [4.78, 5) is 21.2. The molecule has 3 rings (SSSR count). The Hall–Kier alpha value is -2.56. The van der Waals surface area contributed by atoms with Crippen molar-refractivity contribution in [3.8, 4) is 0 Å². The molecule has 0 aliphatic rings. The third kappa shape index (κ3) is 2.39. The van der Waals surface area contributed by atoms with Crippen LogP contribution in [0.5, 0.6) is 0 Å². The predicted octanol–water partition coefficient (Wildman–Crippen LogP) is 3.24. The van der Waals surface area contributed by atoms with Crippen molar-refractivity contribution < 1.29 is 4.39 Å². The van der Waals surface area contributed by atoms with Gasteiger partial charge in [-0.05, 0) is 37.1 Å². The molecule has 2 aromatic heterocycles. The molecule has 0 fully saturated rings. The molecular weight excluding hydrogens is 281 g/mol. The first-order chi connectivity index (χ1) is 10.6.